The van der Waals surface area contributed by atoms with Crippen LogP contribution >= 0.6 is 11.3 Å². The maximum Gasteiger partial charge on any atom is 0.227 e. The topological polar surface area (TPSA) is 58.2 Å². The molecule has 1 atom stereocenters. The van der Waals surface area contributed by atoms with Gasteiger partial charge in [0.1, 0.15) is 0 Å². The molecule has 0 spiro atoms. The molecule has 0 aliphatic carbocycles. The van der Waals surface area contributed by atoms with Crippen LogP contribution in [0.4, 0.5) is 5.69 Å². The number of para-hydroxylation sites is 1. The van der Waals surface area contributed by atoms with E-state index in [-0.39, 0.29) is 17.7 Å². The number of fused-ring (bicyclic) bond motifs is 1. The first-order valence-corrected chi connectivity index (χ1v) is 8.70. The standard InChI is InChI=1S/C18H20N2O2S/c1-12-8-9-23-16(12)11-19-17(21)7-6-14-10-13-4-2-3-5-15(13)20-18(14)22/h2-5,8-9,14H,6-7,10-11H2,1H3,(H,19,21)(H,20,22). The molecule has 3 rings (SSSR count). The first-order chi connectivity index (χ1) is 11.1. The summed E-state index contributed by atoms with van der Waals surface area (Å²) in [6.45, 7) is 2.61. The molecule has 4 nitrogen and oxygen atoms in total. The van der Waals surface area contributed by atoms with Crippen LogP contribution in [0.2, 0.25) is 0 Å². The minimum Gasteiger partial charge on any atom is -0.351 e. The lowest BCUT2D eigenvalue weighted by atomic mass is 9.89. The molecule has 1 aliphatic rings. The lowest BCUT2D eigenvalue weighted by molar-refractivity contribution is -0.122. The van der Waals surface area contributed by atoms with E-state index in [1.165, 1.54) is 10.4 Å². The summed E-state index contributed by atoms with van der Waals surface area (Å²) in [5.41, 5.74) is 3.25. The Kier molecular flexibility index (Phi) is 4.76. The highest BCUT2D eigenvalue weighted by molar-refractivity contribution is 7.10. The van der Waals surface area contributed by atoms with Crippen LogP contribution in [0.3, 0.4) is 0 Å². The summed E-state index contributed by atoms with van der Waals surface area (Å²) in [5, 5.41) is 7.89. The van der Waals surface area contributed by atoms with Crippen LogP contribution in [-0.4, -0.2) is 11.8 Å². The summed E-state index contributed by atoms with van der Waals surface area (Å²) in [6.07, 6.45) is 1.67. The van der Waals surface area contributed by atoms with E-state index in [4.69, 9.17) is 0 Å². The minimum absolute atomic E-state index is 0.00413. The number of amides is 2. The molecule has 0 bridgehead atoms. The van der Waals surface area contributed by atoms with E-state index in [9.17, 15) is 9.59 Å². The number of carbonyl (C=O) groups is 2. The van der Waals surface area contributed by atoms with E-state index in [2.05, 4.69) is 16.7 Å². The number of carbonyl (C=O) groups excluding carboxylic acids is 2. The summed E-state index contributed by atoms with van der Waals surface area (Å²) in [5.74, 6) is -0.103. The van der Waals surface area contributed by atoms with Gasteiger partial charge in [-0.15, -0.1) is 11.3 Å². The number of anilines is 1. The summed E-state index contributed by atoms with van der Waals surface area (Å²) in [7, 11) is 0. The Labute approximate surface area is 139 Å². The van der Waals surface area contributed by atoms with Crippen molar-refractivity contribution in [2.75, 3.05) is 5.32 Å². The minimum atomic E-state index is -0.126. The van der Waals surface area contributed by atoms with Crippen molar-refractivity contribution in [1.29, 1.82) is 0 Å². The van der Waals surface area contributed by atoms with Crippen LogP contribution in [0.15, 0.2) is 35.7 Å². The zero-order valence-corrected chi connectivity index (χ0v) is 13.9. The maximum absolute atomic E-state index is 12.1. The largest absolute Gasteiger partial charge is 0.351 e. The second-order valence-corrected chi connectivity index (χ2v) is 6.89. The number of aryl methyl sites for hydroxylation is 1. The average Bonchev–Trinajstić information content (AvgIpc) is 2.96. The highest BCUT2D eigenvalue weighted by atomic mass is 32.1. The number of nitrogens with one attached hydrogen (secondary N) is 2. The first-order valence-electron chi connectivity index (χ1n) is 7.82. The normalized spacial score (nSPS) is 16.6. The van der Waals surface area contributed by atoms with Crippen molar-refractivity contribution in [3.8, 4) is 0 Å². The van der Waals surface area contributed by atoms with Gasteiger partial charge in [0.2, 0.25) is 11.8 Å². The quantitative estimate of drug-likeness (QED) is 0.885. The van der Waals surface area contributed by atoms with Crippen molar-refractivity contribution >= 4 is 28.8 Å². The average molecular weight is 328 g/mol. The van der Waals surface area contributed by atoms with E-state index >= 15 is 0 Å². The summed E-state index contributed by atoms with van der Waals surface area (Å²) >= 11 is 1.65. The number of rotatable bonds is 5. The molecule has 23 heavy (non-hydrogen) atoms. The third-order valence-corrected chi connectivity index (χ3v) is 5.27. The van der Waals surface area contributed by atoms with Gasteiger partial charge in [0, 0.05) is 22.9 Å². The summed E-state index contributed by atoms with van der Waals surface area (Å²) < 4.78 is 0. The van der Waals surface area contributed by atoms with Gasteiger partial charge in [0.25, 0.3) is 0 Å². The Hall–Kier alpha value is -2.14. The first kappa shape index (κ1) is 15.7. The van der Waals surface area contributed by atoms with Crippen molar-refractivity contribution in [2.45, 2.75) is 32.7 Å². The van der Waals surface area contributed by atoms with Gasteiger partial charge in [-0.1, -0.05) is 18.2 Å². The molecule has 2 amide bonds. The van der Waals surface area contributed by atoms with Gasteiger partial charge in [-0.2, -0.15) is 0 Å². The smallest absolute Gasteiger partial charge is 0.227 e. The van der Waals surface area contributed by atoms with Gasteiger partial charge in [-0.05, 0) is 48.4 Å². The number of hydrogen-bond donors (Lipinski definition) is 2. The SMILES string of the molecule is Cc1ccsc1CNC(=O)CCC1Cc2ccccc2NC1=O. The molecule has 1 aromatic heterocycles. The Morgan fingerprint density at radius 3 is 2.96 bits per heavy atom. The Morgan fingerprint density at radius 2 is 2.17 bits per heavy atom. The van der Waals surface area contributed by atoms with Crippen LogP contribution in [0, 0.1) is 12.8 Å². The second kappa shape index (κ2) is 6.96. The highest BCUT2D eigenvalue weighted by Crippen LogP contribution is 2.27. The molecule has 2 aromatic rings. The zero-order chi connectivity index (χ0) is 16.2. The van der Waals surface area contributed by atoms with Crippen molar-refractivity contribution in [2.24, 2.45) is 5.92 Å². The van der Waals surface area contributed by atoms with E-state index in [1.54, 1.807) is 11.3 Å². The van der Waals surface area contributed by atoms with Gasteiger partial charge in [-0.3, -0.25) is 9.59 Å². The molecule has 0 saturated carbocycles. The fraction of sp³-hybridized carbons (Fsp3) is 0.333. The molecule has 1 aromatic carbocycles. The van der Waals surface area contributed by atoms with Gasteiger partial charge < -0.3 is 10.6 Å². The number of thiophene rings is 1. The molecule has 0 saturated heterocycles. The van der Waals surface area contributed by atoms with Crippen LogP contribution < -0.4 is 10.6 Å². The number of hydrogen-bond acceptors (Lipinski definition) is 3. The van der Waals surface area contributed by atoms with E-state index in [1.807, 2.05) is 36.6 Å². The van der Waals surface area contributed by atoms with Crippen molar-refractivity contribution < 1.29 is 9.59 Å². The monoisotopic (exact) mass is 328 g/mol. The van der Waals surface area contributed by atoms with Crippen molar-refractivity contribution in [3.05, 3.63) is 51.7 Å². The Bertz CT molecular complexity index is 723. The molecule has 2 N–H and O–H groups in total. The molecular weight excluding hydrogens is 308 g/mol. The van der Waals surface area contributed by atoms with Crippen molar-refractivity contribution in [3.63, 3.8) is 0 Å². The Balaban J connectivity index is 1.49. The number of benzene rings is 1. The van der Waals surface area contributed by atoms with Crippen LogP contribution in [0.5, 0.6) is 0 Å². The summed E-state index contributed by atoms with van der Waals surface area (Å²) in [6, 6.07) is 9.89. The van der Waals surface area contributed by atoms with Gasteiger partial charge in [-0.25, -0.2) is 0 Å². The molecule has 1 unspecified atom stereocenters. The van der Waals surface area contributed by atoms with E-state index < -0.39 is 0 Å². The van der Waals surface area contributed by atoms with Crippen LogP contribution in [0.25, 0.3) is 0 Å². The predicted molar refractivity (Wildman–Crippen MR) is 92.4 cm³/mol. The van der Waals surface area contributed by atoms with E-state index in [0.29, 0.717) is 25.8 Å². The van der Waals surface area contributed by atoms with Gasteiger partial charge in [0.05, 0.1) is 6.54 Å². The molecule has 5 heteroatoms. The third-order valence-electron chi connectivity index (χ3n) is 4.25. The lowest BCUT2D eigenvalue weighted by Gasteiger charge is -2.24. The van der Waals surface area contributed by atoms with Gasteiger partial charge >= 0.3 is 0 Å². The fourth-order valence-electron chi connectivity index (χ4n) is 2.80. The zero-order valence-electron chi connectivity index (χ0n) is 13.1. The predicted octanol–water partition coefficient (Wildman–Crippen LogP) is 3.26. The lowest BCUT2D eigenvalue weighted by Crippen LogP contribution is -2.31. The van der Waals surface area contributed by atoms with Crippen LogP contribution in [0.1, 0.15) is 28.8 Å². The van der Waals surface area contributed by atoms with Gasteiger partial charge in [0.15, 0.2) is 0 Å². The van der Waals surface area contributed by atoms with E-state index in [0.717, 1.165) is 11.3 Å². The maximum atomic E-state index is 12.1. The summed E-state index contributed by atoms with van der Waals surface area (Å²) in [4.78, 5) is 25.3. The van der Waals surface area contributed by atoms with Crippen LogP contribution in [-0.2, 0) is 22.6 Å². The Morgan fingerprint density at radius 1 is 1.35 bits per heavy atom. The molecular formula is C18H20N2O2S. The van der Waals surface area contributed by atoms with Crippen molar-refractivity contribution in [1.82, 2.24) is 5.32 Å². The fourth-order valence-corrected chi connectivity index (χ4v) is 3.65. The molecule has 0 fully saturated rings. The third kappa shape index (κ3) is 3.79. The highest BCUT2D eigenvalue weighted by Gasteiger charge is 2.26. The molecule has 1 aliphatic heterocycles. The molecule has 2 heterocycles. The molecule has 120 valence electrons. The second-order valence-electron chi connectivity index (χ2n) is 5.89. The molecule has 0 radical (unpaired) electrons.